The number of benzene rings is 1. The highest BCUT2D eigenvalue weighted by atomic mass is 127. The maximum atomic E-state index is 12.5. The van der Waals surface area contributed by atoms with Gasteiger partial charge in [-0.05, 0) is 40.8 Å². The fourth-order valence-corrected chi connectivity index (χ4v) is 1.77. The van der Waals surface area contributed by atoms with Crippen molar-refractivity contribution in [2.45, 2.75) is 6.18 Å². The van der Waals surface area contributed by atoms with Crippen molar-refractivity contribution < 1.29 is 22.4 Å². The van der Waals surface area contributed by atoms with E-state index < -0.39 is 23.6 Å². The van der Waals surface area contributed by atoms with Gasteiger partial charge < -0.3 is 5.73 Å². The number of guanidine groups is 1. The van der Waals surface area contributed by atoms with Crippen molar-refractivity contribution >= 4 is 46.9 Å². The molecule has 106 valence electrons. The van der Waals surface area contributed by atoms with E-state index >= 15 is 0 Å². The summed E-state index contributed by atoms with van der Waals surface area (Å²) in [4.78, 5) is 11.4. The lowest BCUT2D eigenvalue weighted by atomic mass is 10.1. The molecule has 1 aromatic rings. The molecule has 0 heterocycles. The van der Waals surface area contributed by atoms with Gasteiger partial charge in [-0.1, -0.05) is 9.70 Å². The average molecular weight is 412 g/mol. The topological polar surface area (TPSA) is 67.5 Å². The van der Waals surface area contributed by atoms with Crippen LogP contribution in [0, 0.1) is 3.57 Å². The highest BCUT2D eigenvalue weighted by Crippen LogP contribution is 2.31. The quantitative estimate of drug-likeness (QED) is 0.323. The summed E-state index contributed by atoms with van der Waals surface area (Å²) in [6.07, 6.45) is -4.57. The van der Waals surface area contributed by atoms with E-state index in [4.69, 9.17) is 5.73 Å². The van der Waals surface area contributed by atoms with Gasteiger partial charge in [-0.2, -0.15) is 13.2 Å². The van der Waals surface area contributed by atoms with Crippen molar-refractivity contribution in [3.05, 3.63) is 32.9 Å². The molecule has 0 saturated carbocycles. The van der Waals surface area contributed by atoms with Crippen molar-refractivity contribution in [1.29, 1.82) is 0 Å². The molecule has 10 heteroatoms. The molecule has 1 aromatic carbocycles. The van der Waals surface area contributed by atoms with Crippen LogP contribution in [0.25, 0.3) is 0 Å². The number of hydrogen-bond acceptors (Lipinski definition) is 2. The largest absolute Gasteiger partial charge is 0.416 e. The Balaban J connectivity index is 0.00000324. The normalized spacial score (nSPS) is 11.7. The molecule has 4 nitrogen and oxygen atoms in total. The highest BCUT2D eigenvalue weighted by Gasteiger charge is 2.31. The molecule has 0 unspecified atom stereocenters. The summed E-state index contributed by atoms with van der Waals surface area (Å²) >= 11 is 1.63. The molecular formula is C9H7ClF4IN3O. The van der Waals surface area contributed by atoms with Crippen molar-refractivity contribution in [1.82, 2.24) is 5.32 Å². The van der Waals surface area contributed by atoms with Gasteiger partial charge in [0.2, 0.25) is 5.96 Å². The molecule has 0 radical (unpaired) electrons. The molecule has 0 aromatic heterocycles. The van der Waals surface area contributed by atoms with Gasteiger partial charge in [-0.25, -0.2) is 0 Å². The standard InChI is InChI=1S/C9H6F4IN3O.ClH/c10-9(11,12)5-1-4(2-6(14)3-5)7(18)16-8(15)17-13;/h1-3H,(H3,15,16,17,18);1H. The van der Waals surface area contributed by atoms with Crippen LogP contribution in [-0.4, -0.2) is 11.9 Å². The van der Waals surface area contributed by atoms with Crippen LogP contribution in [0.1, 0.15) is 15.9 Å². The summed E-state index contributed by atoms with van der Waals surface area (Å²) in [6.45, 7) is 0. The van der Waals surface area contributed by atoms with Gasteiger partial charge >= 0.3 is 6.18 Å². The minimum atomic E-state index is -4.57. The summed E-state index contributed by atoms with van der Waals surface area (Å²) in [6, 6.07) is 2.73. The van der Waals surface area contributed by atoms with Gasteiger partial charge in [-0.3, -0.25) is 10.1 Å². The third-order valence-corrected chi connectivity index (χ3v) is 2.44. The van der Waals surface area contributed by atoms with Gasteiger partial charge in [0.1, 0.15) is 0 Å². The number of carbonyl (C=O) groups is 1. The number of rotatable bonds is 1. The Morgan fingerprint density at radius 3 is 2.37 bits per heavy atom. The molecule has 0 saturated heterocycles. The predicted octanol–water partition coefficient (Wildman–Crippen LogP) is 2.66. The molecule has 0 bridgehead atoms. The van der Waals surface area contributed by atoms with Crippen LogP contribution in [0.3, 0.4) is 0 Å². The van der Waals surface area contributed by atoms with E-state index in [1.54, 1.807) is 27.9 Å². The average Bonchev–Trinajstić information content (AvgIpc) is 2.26. The zero-order valence-electron chi connectivity index (χ0n) is 8.96. The first kappa shape index (κ1) is 17.9. The van der Waals surface area contributed by atoms with Crippen LogP contribution >= 0.6 is 35.0 Å². The lowest BCUT2D eigenvalue weighted by Crippen LogP contribution is -2.36. The molecule has 3 N–H and O–H groups in total. The Morgan fingerprint density at radius 2 is 1.89 bits per heavy atom. The molecule has 1 rings (SSSR count). The van der Waals surface area contributed by atoms with E-state index in [0.29, 0.717) is 6.07 Å². The molecule has 19 heavy (non-hydrogen) atoms. The second-order valence-corrected chi connectivity index (χ2v) is 4.40. The van der Waals surface area contributed by atoms with E-state index in [1.165, 1.54) is 6.07 Å². The molecule has 0 aliphatic carbocycles. The van der Waals surface area contributed by atoms with E-state index in [-0.39, 0.29) is 21.5 Å². The maximum Gasteiger partial charge on any atom is 0.416 e. The monoisotopic (exact) mass is 411 g/mol. The first-order valence-corrected chi connectivity index (χ1v) is 5.45. The van der Waals surface area contributed by atoms with Gasteiger partial charge in [0.05, 0.1) is 5.56 Å². The number of carbonyl (C=O) groups excluding carboxylic acids is 1. The van der Waals surface area contributed by atoms with Crippen LogP contribution in [0.15, 0.2) is 23.4 Å². The van der Waals surface area contributed by atoms with Crippen molar-refractivity contribution in [3.8, 4) is 0 Å². The first-order valence-electron chi connectivity index (χ1n) is 4.37. The van der Waals surface area contributed by atoms with Crippen LogP contribution in [-0.2, 0) is 6.18 Å². The van der Waals surface area contributed by atoms with E-state index in [0.717, 1.165) is 6.07 Å². The van der Waals surface area contributed by atoms with Crippen LogP contribution in [0.2, 0.25) is 0 Å². The lowest BCUT2D eigenvalue weighted by molar-refractivity contribution is -0.137. The molecule has 0 atom stereocenters. The molecule has 1 amide bonds. The summed E-state index contributed by atoms with van der Waals surface area (Å²) in [5.74, 6) is -1.80. The molecular weight excluding hydrogens is 404 g/mol. The smallest absolute Gasteiger partial charge is 0.367 e. The van der Waals surface area contributed by atoms with Gasteiger partial charge in [0.25, 0.3) is 5.91 Å². The first-order chi connectivity index (χ1) is 8.24. The number of nitrogens with two attached hydrogens (primary N) is 1. The van der Waals surface area contributed by atoms with Gasteiger partial charge in [-0.15, -0.1) is 12.4 Å². The number of nitrogens with one attached hydrogen (secondary N) is 1. The van der Waals surface area contributed by atoms with E-state index in [2.05, 4.69) is 0 Å². The van der Waals surface area contributed by atoms with E-state index in [1.807, 2.05) is 5.21 Å². The van der Waals surface area contributed by atoms with Crippen molar-refractivity contribution in [3.63, 3.8) is 0 Å². The Hall–Kier alpha value is -1.10. The second kappa shape index (κ2) is 6.89. The molecule has 0 fully saturated rings. The number of alkyl halides is 3. The summed E-state index contributed by atoms with van der Waals surface area (Å²) in [7, 11) is 0. The van der Waals surface area contributed by atoms with Crippen molar-refractivity contribution in [2.24, 2.45) is 10.9 Å². The lowest BCUT2D eigenvalue weighted by Gasteiger charge is -2.09. The predicted molar refractivity (Wildman–Crippen MR) is 71.6 cm³/mol. The Kier molecular flexibility index (Phi) is 6.49. The molecule has 0 spiro atoms. The number of nitrogens with zero attached hydrogens (tertiary/aromatic N) is 1. The minimum absolute atomic E-state index is 0. The summed E-state index contributed by atoms with van der Waals surface area (Å²) in [5, 5.41) is 3.78. The zero-order chi connectivity index (χ0) is 13.9. The fourth-order valence-electron chi connectivity index (χ4n) is 1.09. The number of halogens is 6. The molecule has 0 aliphatic heterocycles. The third kappa shape index (κ3) is 5.19. The Labute approximate surface area is 124 Å². The van der Waals surface area contributed by atoms with E-state index in [9.17, 15) is 22.4 Å². The zero-order valence-corrected chi connectivity index (χ0v) is 11.9. The Bertz CT molecular complexity index is 507. The minimum Gasteiger partial charge on any atom is -0.367 e. The second-order valence-electron chi connectivity index (χ2n) is 3.15. The summed E-state index contributed by atoms with van der Waals surface area (Å²) in [5.41, 5.74) is 3.62. The van der Waals surface area contributed by atoms with Crippen LogP contribution in [0.5, 0.6) is 0 Å². The maximum absolute atomic E-state index is 12.5. The SMILES string of the molecule is Cl.NC(=NF)NC(=O)c1cc(I)cc(C(F)(F)F)c1. The third-order valence-electron chi connectivity index (χ3n) is 1.82. The van der Waals surface area contributed by atoms with Gasteiger partial charge in [0, 0.05) is 9.13 Å². The van der Waals surface area contributed by atoms with Crippen LogP contribution < -0.4 is 11.1 Å². The Morgan fingerprint density at radius 1 is 1.32 bits per heavy atom. The van der Waals surface area contributed by atoms with Crippen LogP contribution in [0.4, 0.5) is 17.7 Å². The highest BCUT2D eigenvalue weighted by molar-refractivity contribution is 14.1. The fraction of sp³-hybridized carbons (Fsp3) is 0.111. The van der Waals surface area contributed by atoms with Crippen molar-refractivity contribution in [2.75, 3.05) is 0 Å². The number of hydrogen-bond donors (Lipinski definition) is 2. The summed E-state index contributed by atoms with van der Waals surface area (Å²) < 4.78 is 49.4. The molecule has 0 aliphatic rings. The van der Waals surface area contributed by atoms with Gasteiger partial charge in [0.15, 0.2) is 0 Å². The number of amides is 1.